The zero-order chi connectivity index (χ0) is 17.2. The van der Waals surface area contributed by atoms with Crippen LogP contribution in [-0.4, -0.2) is 38.7 Å². The van der Waals surface area contributed by atoms with Crippen LogP contribution in [0.2, 0.25) is 5.02 Å². The predicted octanol–water partition coefficient (Wildman–Crippen LogP) is 1.93. The third kappa shape index (κ3) is 5.68. The van der Waals surface area contributed by atoms with Gasteiger partial charge in [0.15, 0.2) is 18.1 Å². The molecule has 0 spiro atoms. The Labute approximate surface area is 139 Å². The van der Waals surface area contributed by atoms with Gasteiger partial charge in [-0.3, -0.25) is 4.79 Å². The summed E-state index contributed by atoms with van der Waals surface area (Å²) in [6.45, 7) is 1.94. The van der Waals surface area contributed by atoms with Crippen LogP contribution in [0.5, 0.6) is 11.5 Å². The Hall–Kier alpha value is -2.46. The maximum atomic E-state index is 12.0. The number of carbonyl (C=O) groups is 2. The highest BCUT2D eigenvalue weighted by Gasteiger charge is 2.17. The molecule has 1 N–H and O–H groups in total. The number of nitriles is 1. The molecular weight excluding hydrogens is 324 g/mol. The molecule has 0 bridgehead atoms. The van der Waals surface area contributed by atoms with Crippen LogP contribution in [0.15, 0.2) is 12.1 Å². The van der Waals surface area contributed by atoms with Gasteiger partial charge in [0.05, 0.1) is 36.8 Å². The van der Waals surface area contributed by atoms with Crippen LogP contribution in [0.1, 0.15) is 23.7 Å². The van der Waals surface area contributed by atoms with Gasteiger partial charge in [-0.15, -0.1) is 0 Å². The zero-order valence-electron chi connectivity index (χ0n) is 12.8. The predicted molar refractivity (Wildman–Crippen MR) is 82.7 cm³/mol. The van der Waals surface area contributed by atoms with E-state index in [9.17, 15) is 9.59 Å². The van der Waals surface area contributed by atoms with Crippen LogP contribution < -0.4 is 14.8 Å². The van der Waals surface area contributed by atoms with Gasteiger partial charge >= 0.3 is 5.97 Å². The third-order valence-electron chi connectivity index (χ3n) is 2.65. The molecule has 0 radical (unpaired) electrons. The van der Waals surface area contributed by atoms with Gasteiger partial charge in [-0.1, -0.05) is 11.6 Å². The standard InChI is InChI=1S/C15H17ClN2O5/c1-3-22-14-11(16)7-10(8-12(14)21-2)15(20)23-9-13(19)18-6-4-5-17/h7-8H,3-4,6,9H2,1-2H3,(H,18,19). The summed E-state index contributed by atoms with van der Waals surface area (Å²) >= 11 is 6.06. The molecule has 124 valence electrons. The molecule has 0 aromatic heterocycles. The molecule has 0 aliphatic rings. The van der Waals surface area contributed by atoms with Gasteiger partial charge < -0.3 is 19.5 Å². The lowest BCUT2D eigenvalue weighted by Gasteiger charge is -2.12. The number of nitrogens with zero attached hydrogens (tertiary/aromatic N) is 1. The maximum absolute atomic E-state index is 12.0. The number of hydrogen-bond acceptors (Lipinski definition) is 6. The van der Waals surface area contributed by atoms with Crippen LogP contribution in [-0.2, 0) is 9.53 Å². The van der Waals surface area contributed by atoms with E-state index >= 15 is 0 Å². The van der Waals surface area contributed by atoms with E-state index in [1.807, 2.05) is 6.07 Å². The first-order chi connectivity index (χ1) is 11.0. The lowest BCUT2D eigenvalue weighted by atomic mass is 10.2. The third-order valence-corrected chi connectivity index (χ3v) is 2.93. The van der Waals surface area contributed by atoms with Crippen LogP contribution in [0.3, 0.4) is 0 Å². The van der Waals surface area contributed by atoms with Crippen molar-refractivity contribution >= 4 is 23.5 Å². The molecule has 0 unspecified atom stereocenters. The molecule has 0 atom stereocenters. The largest absolute Gasteiger partial charge is 0.493 e. The first-order valence-electron chi connectivity index (χ1n) is 6.84. The summed E-state index contributed by atoms with van der Waals surface area (Å²) in [5.74, 6) is -0.575. The number of methoxy groups -OCH3 is 1. The van der Waals surface area contributed by atoms with Crippen molar-refractivity contribution in [3.8, 4) is 17.6 Å². The van der Waals surface area contributed by atoms with E-state index in [0.29, 0.717) is 18.1 Å². The number of benzene rings is 1. The fourth-order valence-electron chi connectivity index (χ4n) is 1.65. The summed E-state index contributed by atoms with van der Waals surface area (Å²) in [6, 6.07) is 4.69. The van der Waals surface area contributed by atoms with Crippen LogP contribution in [0.4, 0.5) is 0 Å². The Balaban J connectivity index is 2.71. The quantitative estimate of drug-likeness (QED) is 0.573. The highest BCUT2D eigenvalue weighted by Crippen LogP contribution is 2.36. The molecule has 0 fully saturated rings. The highest BCUT2D eigenvalue weighted by molar-refractivity contribution is 6.32. The van der Waals surface area contributed by atoms with E-state index in [2.05, 4.69) is 5.32 Å². The Kier molecular flexibility index (Phi) is 7.71. The SMILES string of the molecule is CCOc1c(Cl)cc(C(=O)OCC(=O)NCCC#N)cc1OC. The molecule has 1 amide bonds. The van der Waals surface area contributed by atoms with Crippen molar-refractivity contribution in [2.75, 3.05) is 26.9 Å². The van der Waals surface area contributed by atoms with Gasteiger partial charge in [0.1, 0.15) is 0 Å². The summed E-state index contributed by atoms with van der Waals surface area (Å²) < 4.78 is 15.4. The number of ether oxygens (including phenoxy) is 3. The number of esters is 1. The lowest BCUT2D eigenvalue weighted by Crippen LogP contribution is -2.29. The molecule has 1 rings (SSSR count). The number of carbonyl (C=O) groups excluding carboxylic acids is 2. The molecule has 1 aromatic carbocycles. The van der Waals surface area contributed by atoms with Crippen molar-refractivity contribution in [3.05, 3.63) is 22.7 Å². The van der Waals surface area contributed by atoms with E-state index in [4.69, 9.17) is 31.1 Å². The smallest absolute Gasteiger partial charge is 0.338 e. The Morgan fingerprint density at radius 3 is 2.74 bits per heavy atom. The Morgan fingerprint density at radius 1 is 1.39 bits per heavy atom. The van der Waals surface area contributed by atoms with E-state index in [0.717, 1.165) is 0 Å². The molecule has 0 saturated heterocycles. The lowest BCUT2D eigenvalue weighted by molar-refractivity contribution is -0.124. The molecule has 0 heterocycles. The normalized spacial score (nSPS) is 9.65. The minimum atomic E-state index is -0.719. The van der Waals surface area contributed by atoms with E-state index in [-0.39, 0.29) is 23.6 Å². The molecule has 0 saturated carbocycles. The second-order valence-corrected chi connectivity index (χ2v) is 4.66. The molecule has 8 heteroatoms. The van der Waals surface area contributed by atoms with E-state index in [1.165, 1.54) is 19.2 Å². The van der Waals surface area contributed by atoms with Crippen molar-refractivity contribution in [2.24, 2.45) is 0 Å². The Morgan fingerprint density at radius 2 is 2.13 bits per heavy atom. The Bertz CT molecular complexity index is 613. The molecule has 0 aliphatic heterocycles. The highest BCUT2D eigenvalue weighted by atomic mass is 35.5. The van der Waals surface area contributed by atoms with Crippen LogP contribution in [0, 0.1) is 11.3 Å². The average Bonchev–Trinajstić information content (AvgIpc) is 2.54. The van der Waals surface area contributed by atoms with Gasteiger partial charge in [0.2, 0.25) is 0 Å². The fourth-order valence-corrected chi connectivity index (χ4v) is 1.91. The molecule has 0 aliphatic carbocycles. The summed E-state index contributed by atoms with van der Waals surface area (Å²) in [7, 11) is 1.42. The number of amides is 1. The fraction of sp³-hybridized carbons (Fsp3) is 0.400. The number of rotatable bonds is 8. The second-order valence-electron chi connectivity index (χ2n) is 4.26. The number of halogens is 1. The van der Waals surface area contributed by atoms with Gasteiger partial charge in [0.25, 0.3) is 5.91 Å². The van der Waals surface area contributed by atoms with Crippen molar-refractivity contribution in [1.29, 1.82) is 5.26 Å². The van der Waals surface area contributed by atoms with Gasteiger partial charge in [-0.25, -0.2) is 4.79 Å². The maximum Gasteiger partial charge on any atom is 0.338 e. The van der Waals surface area contributed by atoms with Crippen molar-refractivity contribution in [1.82, 2.24) is 5.32 Å². The molecule has 23 heavy (non-hydrogen) atoms. The summed E-state index contributed by atoms with van der Waals surface area (Å²) in [5.41, 5.74) is 0.139. The zero-order valence-corrected chi connectivity index (χ0v) is 13.6. The van der Waals surface area contributed by atoms with Gasteiger partial charge in [0, 0.05) is 6.54 Å². The molecule has 1 aromatic rings. The molecular formula is C15H17ClN2O5. The molecule has 7 nitrogen and oxygen atoms in total. The van der Waals surface area contributed by atoms with Crippen molar-refractivity contribution in [2.45, 2.75) is 13.3 Å². The minimum Gasteiger partial charge on any atom is -0.493 e. The van der Waals surface area contributed by atoms with Crippen molar-refractivity contribution in [3.63, 3.8) is 0 Å². The van der Waals surface area contributed by atoms with Crippen LogP contribution >= 0.6 is 11.6 Å². The number of nitrogens with one attached hydrogen (secondary N) is 1. The second kappa shape index (κ2) is 9.54. The summed E-state index contributed by atoms with van der Waals surface area (Å²) in [4.78, 5) is 23.4. The average molecular weight is 341 g/mol. The van der Waals surface area contributed by atoms with Crippen LogP contribution in [0.25, 0.3) is 0 Å². The number of hydrogen-bond donors (Lipinski definition) is 1. The topological polar surface area (TPSA) is 97.6 Å². The summed E-state index contributed by atoms with van der Waals surface area (Å²) in [6.07, 6.45) is 0.186. The summed E-state index contributed by atoms with van der Waals surface area (Å²) in [5, 5.41) is 11.0. The van der Waals surface area contributed by atoms with E-state index < -0.39 is 18.5 Å². The van der Waals surface area contributed by atoms with Crippen molar-refractivity contribution < 1.29 is 23.8 Å². The first-order valence-corrected chi connectivity index (χ1v) is 7.22. The van der Waals surface area contributed by atoms with E-state index in [1.54, 1.807) is 6.92 Å². The minimum absolute atomic E-state index is 0.139. The van der Waals surface area contributed by atoms with Gasteiger partial charge in [-0.2, -0.15) is 5.26 Å². The monoisotopic (exact) mass is 340 g/mol. The van der Waals surface area contributed by atoms with Gasteiger partial charge in [-0.05, 0) is 19.1 Å². The first kappa shape index (κ1) is 18.6.